The average molecular weight is 297 g/mol. The number of hydrogen-bond donors (Lipinski definition) is 3. The van der Waals surface area contributed by atoms with Crippen molar-refractivity contribution in [3.8, 4) is 5.88 Å². The number of H-pyrrole nitrogens is 1. The first-order valence-electron chi connectivity index (χ1n) is 5.77. The Bertz CT molecular complexity index is 683. The monoisotopic (exact) mass is 297 g/mol. The third kappa shape index (κ3) is 3.13. The van der Waals surface area contributed by atoms with Gasteiger partial charge in [-0.2, -0.15) is 5.10 Å². The van der Waals surface area contributed by atoms with Crippen LogP contribution in [0.1, 0.15) is 11.1 Å². The minimum absolute atomic E-state index is 0.0129. The smallest absolute Gasteiger partial charge is 0.258 e. The molecule has 0 saturated heterocycles. The zero-order chi connectivity index (χ0) is 14.6. The first-order valence-corrected chi connectivity index (χ1v) is 7.26. The number of aromatic amines is 1. The van der Waals surface area contributed by atoms with Crippen molar-refractivity contribution in [2.75, 3.05) is 7.11 Å². The molecule has 0 unspecified atom stereocenters. The van der Waals surface area contributed by atoms with Gasteiger partial charge in [0.15, 0.2) is 5.03 Å². The van der Waals surface area contributed by atoms with Crippen molar-refractivity contribution < 1.29 is 13.2 Å². The number of aromatic nitrogens is 3. The molecule has 2 aromatic rings. The van der Waals surface area contributed by atoms with E-state index in [1.54, 1.807) is 18.3 Å². The summed E-state index contributed by atoms with van der Waals surface area (Å²) in [6.45, 7) is 0.208. The summed E-state index contributed by atoms with van der Waals surface area (Å²) in [6.07, 6.45) is 2.94. The summed E-state index contributed by atoms with van der Waals surface area (Å²) < 4.78 is 31.7. The lowest BCUT2D eigenvalue weighted by atomic mass is 10.3. The van der Waals surface area contributed by atoms with E-state index >= 15 is 0 Å². The minimum Gasteiger partial charge on any atom is -0.481 e. The van der Waals surface area contributed by atoms with Gasteiger partial charge in [0.05, 0.1) is 13.3 Å². The van der Waals surface area contributed by atoms with Crippen molar-refractivity contribution in [2.45, 2.75) is 18.1 Å². The molecule has 108 valence electrons. The van der Waals surface area contributed by atoms with E-state index in [9.17, 15) is 8.42 Å². The lowest BCUT2D eigenvalue weighted by Crippen LogP contribution is -2.25. The van der Waals surface area contributed by atoms with Crippen molar-refractivity contribution in [1.82, 2.24) is 19.9 Å². The van der Waals surface area contributed by atoms with E-state index in [-0.39, 0.29) is 18.1 Å². The largest absolute Gasteiger partial charge is 0.481 e. The number of sulfonamides is 1. The van der Waals surface area contributed by atoms with Crippen LogP contribution in [0.3, 0.4) is 0 Å². The molecule has 0 aliphatic rings. The number of nitrogens with two attached hydrogens (primary N) is 1. The van der Waals surface area contributed by atoms with E-state index in [4.69, 9.17) is 10.5 Å². The quantitative estimate of drug-likeness (QED) is 0.675. The molecule has 8 nitrogen and oxygen atoms in total. The Balaban J connectivity index is 2.13. The molecule has 0 fully saturated rings. The third-order valence-electron chi connectivity index (χ3n) is 2.64. The zero-order valence-corrected chi connectivity index (χ0v) is 11.6. The Kier molecular flexibility index (Phi) is 4.32. The second kappa shape index (κ2) is 5.99. The van der Waals surface area contributed by atoms with Crippen molar-refractivity contribution in [2.24, 2.45) is 5.73 Å². The van der Waals surface area contributed by atoms with Crippen molar-refractivity contribution in [3.63, 3.8) is 0 Å². The summed E-state index contributed by atoms with van der Waals surface area (Å²) in [7, 11) is -2.19. The highest BCUT2D eigenvalue weighted by Crippen LogP contribution is 2.13. The fourth-order valence-electron chi connectivity index (χ4n) is 1.60. The number of nitrogens with zero attached hydrogens (tertiary/aromatic N) is 2. The van der Waals surface area contributed by atoms with Gasteiger partial charge in [0.1, 0.15) is 0 Å². The first-order chi connectivity index (χ1) is 9.56. The molecule has 0 spiro atoms. The molecule has 0 bridgehead atoms. The topological polar surface area (TPSA) is 123 Å². The number of rotatable bonds is 6. The Morgan fingerprint density at radius 2 is 2.30 bits per heavy atom. The molecular weight excluding hydrogens is 282 g/mol. The van der Waals surface area contributed by atoms with Gasteiger partial charge >= 0.3 is 0 Å². The predicted octanol–water partition coefficient (Wildman–Crippen LogP) is -0.249. The van der Waals surface area contributed by atoms with Crippen LogP contribution in [0.5, 0.6) is 5.88 Å². The van der Waals surface area contributed by atoms with Gasteiger partial charge in [-0.1, -0.05) is 0 Å². The van der Waals surface area contributed by atoms with Crippen LogP contribution in [0.4, 0.5) is 0 Å². The summed E-state index contributed by atoms with van der Waals surface area (Å²) in [4.78, 5) is 3.95. The third-order valence-corrected chi connectivity index (χ3v) is 4.06. The lowest BCUT2D eigenvalue weighted by Gasteiger charge is -2.07. The van der Waals surface area contributed by atoms with Crippen LogP contribution in [-0.4, -0.2) is 30.7 Å². The van der Waals surface area contributed by atoms with Crippen molar-refractivity contribution >= 4 is 10.0 Å². The molecule has 20 heavy (non-hydrogen) atoms. The summed E-state index contributed by atoms with van der Waals surface area (Å²) >= 11 is 0. The standard InChI is InChI=1S/C11H15N5O3S/c1-19-10-4-8(2-3-13-10)6-15-20(17,18)11-9(5-12)7-14-16-11/h2-4,7,15H,5-6,12H2,1H3,(H,14,16). The Hall–Kier alpha value is -1.97. The lowest BCUT2D eigenvalue weighted by molar-refractivity contribution is 0.397. The molecule has 0 atom stereocenters. The molecule has 0 amide bonds. The average Bonchev–Trinajstić information content (AvgIpc) is 2.95. The Morgan fingerprint density at radius 3 is 3.00 bits per heavy atom. The second-order valence-corrected chi connectivity index (χ2v) is 5.66. The van der Waals surface area contributed by atoms with E-state index in [2.05, 4.69) is 19.9 Å². The number of pyridine rings is 1. The maximum absolute atomic E-state index is 12.1. The van der Waals surface area contributed by atoms with E-state index in [1.165, 1.54) is 13.3 Å². The van der Waals surface area contributed by atoms with Gasteiger partial charge in [0.2, 0.25) is 5.88 Å². The van der Waals surface area contributed by atoms with E-state index < -0.39 is 10.0 Å². The minimum atomic E-state index is -3.69. The van der Waals surface area contributed by atoms with Crippen LogP contribution >= 0.6 is 0 Å². The van der Waals surface area contributed by atoms with Gasteiger partial charge < -0.3 is 10.5 Å². The fraction of sp³-hybridized carbons (Fsp3) is 0.273. The molecule has 2 heterocycles. The van der Waals surface area contributed by atoms with Crippen molar-refractivity contribution in [3.05, 3.63) is 35.7 Å². The molecule has 2 aromatic heterocycles. The second-order valence-electron chi connectivity index (χ2n) is 3.96. The molecular formula is C11H15N5O3S. The van der Waals surface area contributed by atoms with Gasteiger partial charge in [-0.25, -0.2) is 18.1 Å². The van der Waals surface area contributed by atoms with Gasteiger partial charge in [-0.05, 0) is 11.6 Å². The summed E-state index contributed by atoms with van der Waals surface area (Å²) in [6, 6.07) is 3.35. The molecule has 0 aliphatic carbocycles. The van der Waals surface area contributed by atoms with Crippen LogP contribution in [0.15, 0.2) is 29.6 Å². The molecule has 4 N–H and O–H groups in total. The number of hydrogen-bond acceptors (Lipinski definition) is 6. The molecule has 0 aliphatic heterocycles. The molecule has 0 radical (unpaired) electrons. The van der Waals surface area contributed by atoms with Gasteiger partial charge in [0, 0.05) is 30.9 Å². The zero-order valence-electron chi connectivity index (χ0n) is 10.8. The van der Waals surface area contributed by atoms with E-state index in [1.807, 2.05) is 0 Å². The maximum atomic E-state index is 12.1. The highest BCUT2D eigenvalue weighted by Gasteiger charge is 2.19. The van der Waals surface area contributed by atoms with Gasteiger partial charge in [0.25, 0.3) is 10.0 Å². The van der Waals surface area contributed by atoms with Gasteiger partial charge in [-0.15, -0.1) is 0 Å². The first kappa shape index (κ1) is 14.4. The van der Waals surface area contributed by atoms with Crippen LogP contribution in [0.2, 0.25) is 0 Å². The number of nitrogens with one attached hydrogen (secondary N) is 2. The molecule has 9 heteroatoms. The van der Waals surface area contributed by atoms with Crippen LogP contribution < -0.4 is 15.2 Å². The van der Waals surface area contributed by atoms with Crippen molar-refractivity contribution in [1.29, 1.82) is 0 Å². The Morgan fingerprint density at radius 1 is 1.50 bits per heavy atom. The number of methoxy groups -OCH3 is 1. The summed E-state index contributed by atoms with van der Waals surface area (Å²) in [5.74, 6) is 0.422. The highest BCUT2D eigenvalue weighted by molar-refractivity contribution is 7.89. The highest BCUT2D eigenvalue weighted by atomic mass is 32.2. The van der Waals surface area contributed by atoms with Crippen LogP contribution in [0.25, 0.3) is 0 Å². The van der Waals surface area contributed by atoms with Crippen LogP contribution in [-0.2, 0) is 23.1 Å². The summed E-state index contributed by atoms with van der Waals surface area (Å²) in [5.41, 5.74) is 6.63. The predicted molar refractivity (Wildman–Crippen MR) is 71.3 cm³/mol. The summed E-state index contributed by atoms with van der Waals surface area (Å²) in [5, 5.41) is 6.11. The van der Waals surface area contributed by atoms with Crippen LogP contribution in [0, 0.1) is 0 Å². The van der Waals surface area contributed by atoms with Gasteiger partial charge in [-0.3, -0.25) is 5.10 Å². The number of ether oxygens (including phenoxy) is 1. The Labute approximate surface area is 116 Å². The fourth-order valence-corrected chi connectivity index (χ4v) is 2.75. The van der Waals surface area contributed by atoms with E-state index in [0.717, 1.165) is 5.56 Å². The normalized spacial score (nSPS) is 11.5. The maximum Gasteiger partial charge on any atom is 0.258 e. The molecule has 0 aromatic carbocycles. The van der Waals surface area contributed by atoms with E-state index in [0.29, 0.717) is 11.4 Å². The molecule has 0 saturated carbocycles. The SMILES string of the molecule is COc1cc(CNS(=O)(=O)c2[nH]ncc2CN)ccn1. The molecule has 2 rings (SSSR count).